The molecule has 2 N–H and O–H groups in total. The molecule has 1 amide bonds. The van der Waals surface area contributed by atoms with Crippen molar-refractivity contribution in [3.05, 3.63) is 0 Å². The molecule has 0 aromatic heterocycles. The van der Waals surface area contributed by atoms with Crippen LogP contribution in [0, 0.1) is 0 Å². The van der Waals surface area contributed by atoms with Crippen molar-refractivity contribution in [1.82, 2.24) is 15.5 Å². The van der Waals surface area contributed by atoms with Gasteiger partial charge in [0.05, 0.1) is 0 Å². The van der Waals surface area contributed by atoms with Crippen LogP contribution < -0.4 is 10.6 Å². The van der Waals surface area contributed by atoms with Crippen LogP contribution >= 0.6 is 24.0 Å². The summed E-state index contributed by atoms with van der Waals surface area (Å²) in [6.07, 6.45) is 9.92. The summed E-state index contributed by atoms with van der Waals surface area (Å²) in [5.41, 5.74) is 0. The monoisotopic (exact) mass is 424 g/mol. The number of unbranched alkanes of at least 4 members (excludes halogenated alkanes) is 3. The Labute approximate surface area is 152 Å². The van der Waals surface area contributed by atoms with Crippen LogP contribution in [0.4, 0.5) is 0 Å². The number of likely N-dealkylation sites (N-methyl/N-ethyl adjacent to an activating group) is 1. The molecular formula is C16H33IN4O. The van der Waals surface area contributed by atoms with E-state index in [0.29, 0.717) is 6.04 Å². The Kier molecular flexibility index (Phi) is 12.6. The zero-order valence-corrected chi connectivity index (χ0v) is 16.7. The van der Waals surface area contributed by atoms with Gasteiger partial charge in [-0.3, -0.25) is 4.79 Å². The third kappa shape index (κ3) is 9.48. The molecule has 1 fully saturated rings. The molecule has 5 nitrogen and oxygen atoms in total. The number of hydrogen-bond acceptors (Lipinski definition) is 2. The summed E-state index contributed by atoms with van der Waals surface area (Å²) >= 11 is 0. The molecule has 6 heteroatoms. The second-order valence-corrected chi connectivity index (χ2v) is 6.07. The summed E-state index contributed by atoms with van der Waals surface area (Å²) in [4.78, 5) is 17.7. The Hall–Kier alpha value is -0.530. The predicted octanol–water partition coefficient (Wildman–Crippen LogP) is 2.75. The number of carbonyl (C=O) groups is 1. The predicted molar refractivity (Wildman–Crippen MR) is 104 cm³/mol. The first-order valence-corrected chi connectivity index (χ1v) is 8.38. The lowest BCUT2D eigenvalue weighted by molar-refractivity contribution is -0.127. The van der Waals surface area contributed by atoms with Gasteiger partial charge in [0.15, 0.2) is 5.96 Å². The van der Waals surface area contributed by atoms with Crippen LogP contribution in [0.15, 0.2) is 4.99 Å². The van der Waals surface area contributed by atoms with Crippen molar-refractivity contribution < 1.29 is 4.79 Å². The lowest BCUT2D eigenvalue weighted by atomic mass is 10.2. The van der Waals surface area contributed by atoms with Crippen molar-refractivity contribution in [3.8, 4) is 0 Å². The van der Waals surface area contributed by atoms with E-state index in [9.17, 15) is 4.79 Å². The molecule has 1 aliphatic carbocycles. The molecule has 0 aromatic carbocycles. The third-order valence-corrected chi connectivity index (χ3v) is 3.89. The first-order valence-electron chi connectivity index (χ1n) is 8.38. The minimum atomic E-state index is 0. The lowest BCUT2D eigenvalue weighted by Crippen LogP contribution is -2.43. The van der Waals surface area contributed by atoms with E-state index < -0.39 is 0 Å². The molecule has 22 heavy (non-hydrogen) atoms. The summed E-state index contributed by atoms with van der Waals surface area (Å²) in [6, 6.07) is 0.515. The highest BCUT2D eigenvalue weighted by Gasteiger charge is 2.16. The molecule has 1 rings (SSSR count). The van der Waals surface area contributed by atoms with Crippen LogP contribution in [0.1, 0.15) is 58.3 Å². The van der Waals surface area contributed by atoms with Gasteiger partial charge in [0.25, 0.3) is 0 Å². The lowest BCUT2D eigenvalue weighted by Gasteiger charge is -2.18. The minimum Gasteiger partial charge on any atom is -0.356 e. The molecule has 0 spiro atoms. The fourth-order valence-corrected chi connectivity index (χ4v) is 2.46. The first-order chi connectivity index (χ1) is 10.1. The van der Waals surface area contributed by atoms with Crippen molar-refractivity contribution in [2.45, 2.75) is 64.3 Å². The van der Waals surface area contributed by atoms with Crippen LogP contribution in [0.5, 0.6) is 0 Å². The normalized spacial score (nSPS) is 15.3. The van der Waals surface area contributed by atoms with Gasteiger partial charge >= 0.3 is 0 Å². The number of rotatable bonds is 8. The number of carbonyl (C=O) groups excluding carboxylic acids is 1. The molecule has 0 saturated heterocycles. The number of amides is 1. The van der Waals surface area contributed by atoms with Gasteiger partial charge in [-0.1, -0.05) is 39.0 Å². The maximum Gasteiger partial charge on any atom is 0.243 e. The van der Waals surface area contributed by atoms with Crippen LogP contribution in [0.2, 0.25) is 0 Å². The zero-order chi connectivity index (χ0) is 15.5. The van der Waals surface area contributed by atoms with E-state index in [0.717, 1.165) is 18.9 Å². The second-order valence-electron chi connectivity index (χ2n) is 6.07. The SMILES string of the molecule is CCCCCCNC(=NCC(=O)N(C)C)NC1CCCC1.I. The molecule has 0 heterocycles. The maximum absolute atomic E-state index is 11.7. The smallest absolute Gasteiger partial charge is 0.243 e. The van der Waals surface area contributed by atoms with Gasteiger partial charge in [0.1, 0.15) is 6.54 Å². The number of nitrogens with one attached hydrogen (secondary N) is 2. The van der Waals surface area contributed by atoms with Crippen molar-refractivity contribution >= 4 is 35.8 Å². The van der Waals surface area contributed by atoms with Crippen molar-refractivity contribution in [3.63, 3.8) is 0 Å². The van der Waals surface area contributed by atoms with Crippen LogP contribution in [0.3, 0.4) is 0 Å². The van der Waals surface area contributed by atoms with Crippen LogP contribution in [-0.2, 0) is 4.79 Å². The van der Waals surface area contributed by atoms with Crippen molar-refractivity contribution in [2.24, 2.45) is 4.99 Å². The van der Waals surface area contributed by atoms with Crippen LogP contribution in [0.25, 0.3) is 0 Å². The van der Waals surface area contributed by atoms with Gasteiger partial charge in [-0.15, -0.1) is 24.0 Å². The molecule has 0 atom stereocenters. The molecule has 1 aliphatic rings. The van der Waals surface area contributed by atoms with Gasteiger partial charge in [0.2, 0.25) is 5.91 Å². The van der Waals surface area contributed by atoms with Crippen molar-refractivity contribution in [1.29, 1.82) is 0 Å². The van der Waals surface area contributed by atoms with Gasteiger partial charge in [-0.2, -0.15) is 0 Å². The van der Waals surface area contributed by atoms with Gasteiger partial charge in [0, 0.05) is 26.7 Å². The fraction of sp³-hybridized carbons (Fsp3) is 0.875. The summed E-state index contributed by atoms with van der Waals surface area (Å²) in [5, 5.41) is 6.84. The number of hydrogen-bond donors (Lipinski definition) is 2. The Morgan fingerprint density at radius 3 is 2.45 bits per heavy atom. The zero-order valence-electron chi connectivity index (χ0n) is 14.4. The average Bonchev–Trinajstić information content (AvgIpc) is 2.96. The van der Waals surface area contributed by atoms with Crippen LogP contribution in [-0.4, -0.2) is 50.0 Å². The van der Waals surface area contributed by atoms with Crippen molar-refractivity contribution in [2.75, 3.05) is 27.2 Å². The van der Waals surface area contributed by atoms with E-state index in [-0.39, 0.29) is 36.4 Å². The Bertz CT molecular complexity index is 328. The summed E-state index contributed by atoms with van der Waals surface area (Å²) in [6.45, 7) is 3.35. The van der Waals surface area contributed by atoms with E-state index in [1.807, 2.05) is 0 Å². The molecule has 1 saturated carbocycles. The highest BCUT2D eigenvalue weighted by molar-refractivity contribution is 14.0. The van der Waals surface area contributed by atoms with E-state index in [2.05, 4.69) is 22.5 Å². The molecule has 0 aliphatic heterocycles. The Morgan fingerprint density at radius 2 is 1.86 bits per heavy atom. The standard InChI is InChI=1S/C16H32N4O.HI/c1-4-5-6-9-12-17-16(18-13-15(21)20(2)3)19-14-10-7-8-11-14;/h14H,4-13H2,1-3H3,(H2,17,18,19);1H. The van der Waals surface area contributed by atoms with Gasteiger partial charge in [-0.25, -0.2) is 4.99 Å². The molecule has 130 valence electrons. The largest absolute Gasteiger partial charge is 0.356 e. The number of nitrogens with zero attached hydrogens (tertiary/aromatic N) is 2. The van der Waals surface area contributed by atoms with Gasteiger partial charge < -0.3 is 15.5 Å². The second kappa shape index (κ2) is 13.0. The maximum atomic E-state index is 11.7. The molecule has 0 bridgehead atoms. The van der Waals surface area contributed by atoms with E-state index in [1.54, 1.807) is 19.0 Å². The summed E-state index contributed by atoms with van der Waals surface area (Å²) < 4.78 is 0. The number of aliphatic imine (C=N–C) groups is 1. The minimum absolute atomic E-state index is 0. The van der Waals surface area contributed by atoms with E-state index >= 15 is 0 Å². The van der Waals surface area contributed by atoms with Gasteiger partial charge in [-0.05, 0) is 19.3 Å². The van der Waals surface area contributed by atoms with E-state index in [1.165, 1.54) is 44.9 Å². The summed E-state index contributed by atoms with van der Waals surface area (Å²) in [7, 11) is 3.53. The molecular weight excluding hydrogens is 391 g/mol. The highest BCUT2D eigenvalue weighted by Crippen LogP contribution is 2.17. The molecule has 0 radical (unpaired) electrons. The third-order valence-electron chi connectivity index (χ3n) is 3.89. The van der Waals surface area contributed by atoms with E-state index in [4.69, 9.17) is 0 Å². The molecule has 0 aromatic rings. The fourth-order valence-electron chi connectivity index (χ4n) is 2.46. The quantitative estimate of drug-likeness (QED) is 0.273. The summed E-state index contributed by atoms with van der Waals surface area (Å²) in [5.74, 6) is 0.835. The molecule has 0 unspecified atom stereocenters. The Morgan fingerprint density at radius 1 is 1.18 bits per heavy atom. The number of guanidine groups is 1. The Balaban J connectivity index is 0.00000441. The average molecular weight is 424 g/mol. The first kappa shape index (κ1) is 21.5. The highest BCUT2D eigenvalue weighted by atomic mass is 127. The topological polar surface area (TPSA) is 56.7 Å². The number of halogens is 1.